The van der Waals surface area contributed by atoms with Crippen molar-refractivity contribution in [3.8, 4) is 0 Å². The summed E-state index contributed by atoms with van der Waals surface area (Å²) in [5.74, 6) is 0.715. The molecule has 3 N–H and O–H groups in total. The van der Waals surface area contributed by atoms with E-state index in [1.807, 2.05) is 0 Å². The van der Waals surface area contributed by atoms with E-state index < -0.39 is 10.0 Å². The predicted octanol–water partition coefficient (Wildman–Crippen LogP) is 1.22. The van der Waals surface area contributed by atoms with E-state index in [4.69, 9.17) is 22.4 Å². The Kier molecular flexibility index (Phi) is 4.71. The SMILES string of the molecule is CC(Cc1ccco1)NS(=O)(=O)c1ccc(C(N)=S)nc1. The highest BCUT2D eigenvalue weighted by molar-refractivity contribution is 7.89. The Balaban J connectivity index is 2.08. The van der Waals surface area contributed by atoms with Crippen LogP contribution < -0.4 is 10.5 Å². The molecule has 0 saturated heterocycles. The molecular weight excluding hydrogens is 310 g/mol. The van der Waals surface area contributed by atoms with Crippen LogP contribution in [0.3, 0.4) is 0 Å². The fourth-order valence-electron chi connectivity index (χ4n) is 1.79. The fourth-order valence-corrected chi connectivity index (χ4v) is 3.10. The van der Waals surface area contributed by atoms with Crippen LogP contribution in [0.2, 0.25) is 0 Å². The average Bonchev–Trinajstić information content (AvgIpc) is 2.90. The van der Waals surface area contributed by atoms with Crippen LogP contribution in [0.15, 0.2) is 46.0 Å². The zero-order valence-electron chi connectivity index (χ0n) is 11.3. The van der Waals surface area contributed by atoms with Crippen molar-refractivity contribution >= 4 is 27.2 Å². The number of nitrogens with two attached hydrogens (primary N) is 1. The first-order valence-corrected chi connectivity index (χ1v) is 8.08. The van der Waals surface area contributed by atoms with Crippen molar-refractivity contribution in [3.63, 3.8) is 0 Å². The van der Waals surface area contributed by atoms with Crippen LogP contribution >= 0.6 is 12.2 Å². The molecular formula is C13H15N3O3S2. The van der Waals surface area contributed by atoms with Gasteiger partial charge in [0.05, 0.1) is 12.0 Å². The molecule has 6 nitrogen and oxygen atoms in total. The molecule has 1 unspecified atom stereocenters. The Morgan fingerprint density at radius 3 is 2.76 bits per heavy atom. The first-order chi connectivity index (χ1) is 9.88. The molecule has 0 fully saturated rings. The minimum absolute atomic E-state index is 0.0637. The van der Waals surface area contributed by atoms with E-state index in [1.165, 1.54) is 18.3 Å². The highest BCUT2D eigenvalue weighted by atomic mass is 32.2. The molecule has 0 aliphatic carbocycles. The molecule has 0 aliphatic heterocycles. The van der Waals surface area contributed by atoms with Gasteiger partial charge in [-0.25, -0.2) is 13.1 Å². The fraction of sp³-hybridized carbons (Fsp3) is 0.231. The van der Waals surface area contributed by atoms with Crippen LogP contribution in [-0.4, -0.2) is 24.4 Å². The minimum Gasteiger partial charge on any atom is -0.469 e. The maximum absolute atomic E-state index is 12.2. The van der Waals surface area contributed by atoms with Crippen molar-refractivity contribution in [1.82, 2.24) is 9.71 Å². The first kappa shape index (κ1) is 15.6. The van der Waals surface area contributed by atoms with Gasteiger partial charge in [0.25, 0.3) is 0 Å². The van der Waals surface area contributed by atoms with Gasteiger partial charge >= 0.3 is 0 Å². The number of furan rings is 1. The van der Waals surface area contributed by atoms with Gasteiger partial charge in [-0.1, -0.05) is 12.2 Å². The summed E-state index contributed by atoms with van der Waals surface area (Å²) in [4.78, 5) is 4.11. The van der Waals surface area contributed by atoms with Crippen molar-refractivity contribution in [1.29, 1.82) is 0 Å². The first-order valence-electron chi connectivity index (χ1n) is 6.19. The number of aromatic nitrogens is 1. The number of pyridine rings is 1. The third-order valence-electron chi connectivity index (χ3n) is 2.74. The van der Waals surface area contributed by atoms with E-state index in [1.54, 1.807) is 25.3 Å². The molecule has 2 rings (SSSR count). The summed E-state index contributed by atoms with van der Waals surface area (Å²) in [7, 11) is -3.64. The quantitative estimate of drug-likeness (QED) is 0.775. The summed E-state index contributed by atoms with van der Waals surface area (Å²) in [6.07, 6.45) is 3.25. The number of rotatable bonds is 6. The number of sulfonamides is 1. The zero-order valence-corrected chi connectivity index (χ0v) is 12.9. The van der Waals surface area contributed by atoms with Crippen LogP contribution in [0, 0.1) is 0 Å². The summed E-state index contributed by atoms with van der Waals surface area (Å²) in [5, 5.41) is 0. The number of nitrogens with zero attached hydrogens (tertiary/aromatic N) is 1. The van der Waals surface area contributed by atoms with Crippen LogP contribution in [0.1, 0.15) is 18.4 Å². The van der Waals surface area contributed by atoms with Crippen molar-refractivity contribution in [3.05, 3.63) is 48.2 Å². The molecule has 21 heavy (non-hydrogen) atoms. The van der Waals surface area contributed by atoms with Crippen molar-refractivity contribution in [2.24, 2.45) is 5.73 Å². The van der Waals surface area contributed by atoms with Gasteiger partial charge in [0, 0.05) is 18.7 Å². The van der Waals surface area contributed by atoms with Gasteiger partial charge in [-0.15, -0.1) is 0 Å². The normalized spacial score (nSPS) is 13.0. The summed E-state index contributed by atoms with van der Waals surface area (Å²) in [5.41, 5.74) is 5.80. The molecule has 0 saturated carbocycles. The average molecular weight is 325 g/mol. The van der Waals surface area contributed by atoms with Gasteiger partial charge < -0.3 is 10.2 Å². The lowest BCUT2D eigenvalue weighted by Gasteiger charge is -2.13. The van der Waals surface area contributed by atoms with E-state index in [9.17, 15) is 8.42 Å². The van der Waals surface area contributed by atoms with E-state index >= 15 is 0 Å². The molecule has 0 spiro atoms. The Hall–Kier alpha value is -1.77. The number of hydrogen-bond donors (Lipinski definition) is 2. The molecule has 0 bridgehead atoms. The predicted molar refractivity (Wildman–Crippen MR) is 82.3 cm³/mol. The summed E-state index contributed by atoms with van der Waals surface area (Å²) in [6.45, 7) is 1.76. The second-order valence-corrected chi connectivity index (χ2v) is 6.70. The highest BCUT2D eigenvalue weighted by Crippen LogP contribution is 2.11. The second kappa shape index (κ2) is 6.33. The van der Waals surface area contributed by atoms with Gasteiger partial charge in [0.1, 0.15) is 15.6 Å². The lowest BCUT2D eigenvalue weighted by atomic mass is 10.2. The van der Waals surface area contributed by atoms with E-state index in [2.05, 4.69) is 9.71 Å². The van der Waals surface area contributed by atoms with Gasteiger partial charge in [0.15, 0.2) is 0 Å². The molecule has 112 valence electrons. The van der Waals surface area contributed by atoms with E-state index in [0.717, 1.165) is 0 Å². The Bertz CT molecular complexity index is 710. The zero-order chi connectivity index (χ0) is 15.5. The van der Waals surface area contributed by atoms with Crippen LogP contribution in [0.5, 0.6) is 0 Å². The number of thiocarbonyl (C=S) groups is 1. The maximum atomic E-state index is 12.2. The molecule has 1 atom stereocenters. The molecule has 0 aromatic carbocycles. The topological polar surface area (TPSA) is 98.2 Å². The van der Waals surface area contributed by atoms with Crippen LogP contribution in [0.4, 0.5) is 0 Å². The van der Waals surface area contributed by atoms with E-state index in [-0.39, 0.29) is 15.9 Å². The van der Waals surface area contributed by atoms with Crippen LogP contribution in [0.25, 0.3) is 0 Å². The summed E-state index contributed by atoms with van der Waals surface area (Å²) >= 11 is 4.77. The number of nitrogens with one attached hydrogen (secondary N) is 1. The smallest absolute Gasteiger partial charge is 0.242 e. The van der Waals surface area contributed by atoms with Crippen molar-refractivity contribution in [2.75, 3.05) is 0 Å². The lowest BCUT2D eigenvalue weighted by Crippen LogP contribution is -2.34. The third-order valence-corrected chi connectivity index (χ3v) is 4.53. The Morgan fingerprint density at radius 1 is 1.48 bits per heavy atom. The third kappa shape index (κ3) is 4.10. The van der Waals surface area contributed by atoms with Gasteiger partial charge in [-0.3, -0.25) is 4.98 Å². The van der Waals surface area contributed by atoms with Crippen LogP contribution in [-0.2, 0) is 16.4 Å². The Morgan fingerprint density at radius 2 is 2.24 bits per heavy atom. The molecule has 2 aromatic rings. The Labute approximate surface area is 128 Å². The molecule has 2 heterocycles. The molecule has 0 aliphatic rings. The standard InChI is InChI=1S/C13H15N3O3S2/c1-9(7-10-3-2-6-19-10)16-21(17,18)11-4-5-12(13(14)20)15-8-11/h2-6,8-9,16H,7H2,1H3,(H2,14,20). The largest absolute Gasteiger partial charge is 0.469 e. The number of hydrogen-bond acceptors (Lipinski definition) is 5. The second-order valence-electron chi connectivity index (χ2n) is 4.55. The van der Waals surface area contributed by atoms with Crippen molar-refractivity contribution in [2.45, 2.75) is 24.3 Å². The molecule has 8 heteroatoms. The maximum Gasteiger partial charge on any atom is 0.242 e. The van der Waals surface area contributed by atoms with Gasteiger partial charge in [0.2, 0.25) is 10.0 Å². The lowest BCUT2D eigenvalue weighted by molar-refractivity contribution is 0.479. The molecule has 2 aromatic heterocycles. The van der Waals surface area contributed by atoms with Gasteiger partial charge in [-0.2, -0.15) is 0 Å². The molecule has 0 amide bonds. The van der Waals surface area contributed by atoms with Crippen molar-refractivity contribution < 1.29 is 12.8 Å². The highest BCUT2D eigenvalue weighted by Gasteiger charge is 2.18. The summed E-state index contributed by atoms with van der Waals surface area (Å²) in [6, 6.07) is 6.15. The monoisotopic (exact) mass is 325 g/mol. The minimum atomic E-state index is -3.64. The van der Waals surface area contributed by atoms with Gasteiger partial charge in [-0.05, 0) is 31.2 Å². The van der Waals surface area contributed by atoms with E-state index in [0.29, 0.717) is 17.9 Å². The molecule has 0 radical (unpaired) electrons. The summed E-state index contributed by atoms with van der Waals surface area (Å²) < 4.78 is 32.2.